The van der Waals surface area contributed by atoms with Gasteiger partial charge in [-0.25, -0.2) is 9.37 Å². The number of aromatic nitrogens is 2. The Morgan fingerprint density at radius 3 is 2.85 bits per heavy atom. The fourth-order valence-electron chi connectivity index (χ4n) is 4.62. The van der Waals surface area contributed by atoms with Crippen LogP contribution >= 0.6 is 0 Å². The predicted molar refractivity (Wildman–Crippen MR) is 127 cm³/mol. The van der Waals surface area contributed by atoms with Gasteiger partial charge in [0, 0.05) is 35.9 Å². The van der Waals surface area contributed by atoms with Crippen molar-refractivity contribution in [3.05, 3.63) is 54.1 Å². The fourth-order valence-corrected chi connectivity index (χ4v) is 4.62. The van der Waals surface area contributed by atoms with Gasteiger partial charge < -0.3 is 24.1 Å². The van der Waals surface area contributed by atoms with Gasteiger partial charge in [0.15, 0.2) is 0 Å². The molecule has 0 bridgehead atoms. The van der Waals surface area contributed by atoms with E-state index in [-0.39, 0.29) is 24.4 Å². The van der Waals surface area contributed by atoms with Gasteiger partial charge in [0.2, 0.25) is 5.91 Å². The molecule has 1 amide bonds. The molecule has 2 aliphatic rings. The van der Waals surface area contributed by atoms with E-state index in [1.54, 1.807) is 24.3 Å². The summed E-state index contributed by atoms with van der Waals surface area (Å²) in [6.07, 6.45) is 6.34. The molecule has 3 aromatic rings. The van der Waals surface area contributed by atoms with Crippen molar-refractivity contribution in [1.29, 1.82) is 0 Å². The molecule has 1 aromatic carbocycles. The zero-order valence-electron chi connectivity index (χ0n) is 19.2. The molecule has 0 radical (unpaired) electrons. The molecule has 5 rings (SSSR count). The zero-order chi connectivity index (χ0) is 23.5. The molecule has 0 saturated carbocycles. The summed E-state index contributed by atoms with van der Waals surface area (Å²) in [7, 11) is 1.58. The summed E-state index contributed by atoms with van der Waals surface area (Å²) in [5.41, 5.74) is 4.48. The Hall–Kier alpha value is -3.23. The minimum Gasteiger partial charge on any atom is -0.496 e. The Balaban J connectivity index is 1.30. The van der Waals surface area contributed by atoms with E-state index in [9.17, 15) is 9.18 Å². The second-order valence-electron chi connectivity index (χ2n) is 8.58. The molecule has 1 aliphatic heterocycles. The number of carbonyl (C=O) groups is 1. The predicted octanol–water partition coefficient (Wildman–Crippen LogP) is 4.19. The van der Waals surface area contributed by atoms with Crippen LogP contribution in [0.1, 0.15) is 25.0 Å². The minimum atomic E-state index is -0.315. The third-order valence-electron chi connectivity index (χ3n) is 6.50. The first-order valence-electron chi connectivity index (χ1n) is 11.6. The topological polar surface area (TPSA) is 76.7 Å². The number of hydrogen-bond donors (Lipinski definition) is 1. The number of H-pyrrole nitrogens is 1. The molecule has 1 atom stereocenters. The van der Waals surface area contributed by atoms with E-state index in [0.717, 1.165) is 41.6 Å². The first-order valence-corrected chi connectivity index (χ1v) is 11.6. The number of nitrogens with one attached hydrogen (secondary N) is 1. The van der Waals surface area contributed by atoms with Gasteiger partial charge in [-0.3, -0.25) is 4.79 Å². The van der Waals surface area contributed by atoms with Gasteiger partial charge in [-0.1, -0.05) is 6.08 Å². The second-order valence-corrected chi connectivity index (χ2v) is 8.58. The summed E-state index contributed by atoms with van der Waals surface area (Å²) < 4.78 is 30.7. The Morgan fingerprint density at radius 1 is 1.24 bits per heavy atom. The maximum Gasteiger partial charge on any atom is 0.248 e. The third kappa shape index (κ3) is 4.69. The van der Waals surface area contributed by atoms with Crippen molar-refractivity contribution in [2.75, 3.05) is 40.0 Å². The van der Waals surface area contributed by atoms with Crippen molar-refractivity contribution in [3.63, 3.8) is 0 Å². The summed E-state index contributed by atoms with van der Waals surface area (Å²) in [4.78, 5) is 22.0. The van der Waals surface area contributed by atoms with E-state index in [4.69, 9.17) is 14.2 Å². The van der Waals surface area contributed by atoms with Gasteiger partial charge in [-0.15, -0.1) is 0 Å². The van der Waals surface area contributed by atoms with E-state index < -0.39 is 0 Å². The van der Waals surface area contributed by atoms with Crippen molar-refractivity contribution in [1.82, 2.24) is 14.9 Å². The maximum atomic E-state index is 14.0. The first-order chi connectivity index (χ1) is 16.6. The highest BCUT2D eigenvalue weighted by Gasteiger charge is 2.22. The lowest BCUT2D eigenvalue weighted by Crippen LogP contribution is -2.43. The number of carbonyl (C=O) groups excluding carboxylic acids is 1. The number of rotatable bonds is 6. The van der Waals surface area contributed by atoms with E-state index >= 15 is 0 Å². The summed E-state index contributed by atoms with van der Waals surface area (Å²) in [6, 6.07) is 8.46. The number of hydrogen-bond acceptors (Lipinski definition) is 5. The number of morpholine rings is 1. The van der Waals surface area contributed by atoms with Gasteiger partial charge in [-0.2, -0.15) is 0 Å². The van der Waals surface area contributed by atoms with Crippen LogP contribution in [0.4, 0.5) is 4.39 Å². The fraction of sp³-hybridized carbons (Fsp3) is 0.385. The quantitative estimate of drug-likeness (QED) is 0.591. The number of benzene rings is 1. The highest BCUT2D eigenvalue weighted by Crippen LogP contribution is 2.37. The average Bonchev–Trinajstić information content (AvgIpc) is 3.32. The Bertz CT molecular complexity index is 1220. The monoisotopic (exact) mass is 465 g/mol. The number of nitrogens with zero attached hydrogens (tertiary/aromatic N) is 2. The van der Waals surface area contributed by atoms with Gasteiger partial charge in [0.1, 0.15) is 23.8 Å². The van der Waals surface area contributed by atoms with Crippen LogP contribution in [0.5, 0.6) is 5.75 Å². The number of aromatic amines is 1. The van der Waals surface area contributed by atoms with Crippen LogP contribution in [0.15, 0.2) is 42.6 Å². The van der Waals surface area contributed by atoms with E-state index in [2.05, 4.69) is 22.1 Å². The largest absolute Gasteiger partial charge is 0.496 e. The number of allylic oxidation sites excluding steroid dienone is 1. The number of halogens is 1. The van der Waals surface area contributed by atoms with Crippen molar-refractivity contribution in [3.8, 4) is 16.9 Å². The van der Waals surface area contributed by atoms with Gasteiger partial charge in [0.25, 0.3) is 0 Å². The van der Waals surface area contributed by atoms with Crippen LogP contribution in [-0.4, -0.2) is 66.9 Å². The van der Waals surface area contributed by atoms with Crippen LogP contribution < -0.4 is 4.74 Å². The Morgan fingerprint density at radius 2 is 2.09 bits per heavy atom. The number of pyridine rings is 1. The molecule has 2 aromatic heterocycles. The molecule has 1 fully saturated rings. The van der Waals surface area contributed by atoms with Gasteiger partial charge in [0.05, 0.1) is 26.4 Å². The number of fused-ring (bicyclic) bond motifs is 1. The standard InChI is InChI=1S/C26H28FN3O4/c1-32-24-7-4-18(27)14-21(24)20-8-9-28-26-22(20)15-23(29-26)17-2-5-19(6-3-17)34-16-25(31)30-10-12-33-13-11-30/h2,4,7-9,14-15,19H,3,5-6,10-13,16H2,1H3,(H,28,29). The Labute approximate surface area is 197 Å². The van der Waals surface area contributed by atoms with Crippen LogP contribution in [0, 0.1) is 5.82 Å². The zero-order valence-corrected chi connectivity index (χ0v) is 19.2. The second kappa shape index (κ2) is 9.95. The normalized spacial score (nSPS) is 18.7. The lowest BCUT2D eigenvalue weighted by molar-refractivity contribution is -0.142. The summed E-state index contributed by atoms with van der Waals surface area (Å²) in [5.74, 6) is 0.324. The summed E-state index contributed by atoms with van der Waals surface area (Å²) >= 11 is 0. The van der Waals surface area contributed by atoms with Crippen LogP contribution in [0.2, 0.25) is 0 Å². The minimum absolute atomic E-state index is 0.0278. The molecule has 178 valence electrons. The molecule has 34 heavy (non-hydrogen) atoms. The van der Waals surface area contributed by atoms with E-state index in [0.29, 0.717) is 37.6 Å². The molecule has 1 saturated heterocycles. The third-order valence-corrected chi connectivity index (χ3v) is 6.50. The number of ether oxygens (including phenoxy) is 3. The summed E-state index contributed by atoms with van der Waals surface area (Å²) in [6.45, 7) is 2.56. The van der Waals surface area contributed by atoms with Crippen molar-refractivity contribution in [2.24, 2.45) is 0 Å². The highest BCUT2D eigenvalue weighted by molar-refractivity contribution is 5.96. The van der Waals surface area contributed by atoms with Crippen molar-refractivity contribution < 1.29 is 23.4 Å². The van der Waals surface area contributed by atoms with Crippen molar-refractivity contribution in [2.45, 2.75) is 25.4 Å². The maximum absolute atomic E-state index is 14.0. The molecule has 1 N–H and O–H groups in total. The lowest BCUT2D eigenvalue weighted by Gasteiger charge is -2.28. The molecule has 7 nitrogen and oxygen atoms in total. The van der Waals surface area contributed by atoms with E-state index in [1.807, 2.05) is 6.07 Å². The Kier molecular flexibility index (Phi) is 6.60. The van der Waals surface area contributed by atoms with Gasteiger partial charge >= 0.3 is 0 Å². The lowest BCUT2D eigenvalue weighted by atomic mass is 9.94. The smallest absolute Gasteiger partial charge is 0.248 e. The SMILES string of the molecule is COc1ccc(F)cc1-c1ccnc2[nH]c(C3=CCC(OCC(=O)N4CCOCC4)CC3)cc12. The molecule has 1 unspecified atom stereocenters. The molecule has 3 heterocycles. The average molecular weight is 466 g/mol. The molecule has 1 aliphatic carbocycles. The van der Waals surface area contributed by atoms with Gasteiger partial charge in [-0.05, 0) is 60.7 Å². The van der Waals surface area contributed by atoms with Crippen LogP contribution in [0.25, 0.3) is 27.7 Å². The number of methoxy groups -OCH3 is 1. The van der Waals surface area contributed by atoms with E-state index in [1.165, 1.54) is 17.7 Å². The molecule has 8 heteroatoms. The van der Waals surface area contributed by atoms with Crippen molar-refractivity contribution >= 4 is 22.5 Å². The van der Waals surface area contributed by atoms with Crippen LogP contribution in [0.3, 0.4) is 0 Å². The molecule has 0 spiro atoms. The molecular weight excluding hydrogens is 437 g/mol. The summed E-state index contributed by atoms with van der Waals surface area (Å²) in [5, 5.41) is 0.914. The number of amides is 1. The first kappa shape index (κ1) is 22.6. The van der Waals surface area contributed by atoms with Crippen LogP contribution in [-0.2, 0) is 14.3 Å². The molecular formula is C26H28FN3O4. The highest BCUT2D eigenvalue weighted by atomic mass is 19.1.